The van der Waals surface area contributed by atoms with Crippen molar-refractivity contribution in [2.45, 2.75) is 6.92 Å². The predicted molar refractivity (Wildman–Crippen MR) is 80.6 cm³/mol. The summed E-state index contributed by atoms with van der Waals surface area (Å²) in [6.45, 7) is 4.67. The molecule has 1 amide bonds. The van der Waals surface area contributed by atoms with E-state index in [0.29, 0.717) is 37.0 Å². The van der Waals surface area contributed by atoms with Crippen molar-refractivity contribution in [3.05, 3.63) is 28.8 Å². The van der Waals surface area contributed by atoms with E-state index in [1.54, 1.807) is 25.3 Å². The molecule has 2 N–H and O–H groups in total. The Bertz CT molecular complexity index is 427. The minimum Gasteiger partial charge on any atom is -0.385 e. The number of carbonyl (C=O) groups excluding carboxylic acids is 1. The Hall–Kier alpha value is -1.30. The van der Waals surface area contributed by atoms with Gasteiger partial charge in [-0.05, 0) is 25.1 Å². The lowest BCUT2D eigenvalue weighted by Crippen LogP contribution is -2.28. The molecule has 0 aliphatic carbocycles. The van der Waals surface area contributed by atoms with Gasteiger partial charge in [0.1, 0.15) is 0 Å². The molecule has 0 radical (unpaired) electrons. The second-order valence-corrected chi connectivity index (χ2v) is 4.52. The predicted octanol–water partition coefficient (Wildman–Crippen LogP) is 2.16. The fourth-order valence-corrected chi connectivity index (χ4v) is 1.80. The summed E-state index contributed by atoms with van der Waals surface area (Å²) in [6, 6.07) is 5.21. The number of methoxy groups -OCH3 is 1. The van der Waals surface area contributed by atoms with Crippen LogP contribution in [-0.4, -0.2) is 45.9 Å². The first kappa shape index (κ1) is 16.8. The maximum absolute atomic E-state index is 12.1. The van der Waals surface area contributed by atoms with Crippen molar-refractivity contribution in [1.82, 2.24) is 5.32 Å². The molecule has 0 saturated carbocycles. The zero-order chi connectivity index (χ0) is 14.8. The molecule has 0 saturated heterocycles. The maximum atomic E-state index is 12.1. The van der Waals surface area contributed by atoms with Crippen molar-refractivity contribution >= 4 is 23.2 Å². The van der Waals surface area contributed by atoms with E-state index in [-0.39, 0.29) is 5.91 Å². The minimum absolute atomic E-state index is 0.168. The fraction of sp³-hybridized carbons (Fsp3) is 0.500. The third kappa shape index (κ3) is 5.77. The van der Waals surface area contributed by atoms with Crippen molar-refractivity contribution in [1.29, 1.82) is 0 Å². The van der Waals surface area contributed by atoms with E-state index in [2.05, 4.69) is 10.6 Å². The van der Waals surface area contributed by atoms with Crippen LogP contribution in [0.2, 0.25) is 5.02 Å². The van der Waals surface area contributed by atoms with Crippen molar-refractivity contribution in [2.24, 2.45) is 0 Å². The molecule has 0 heterocycles. The van der Waals surface area contributed by atoms with Gasteiger partial charge in [0.05, 0.1) is 25.4 Å². The second-order valence-electron chi connectivity index (χ2n) is 4.08. The van der Waals surface area contributed by atoms with Gasteiger partial charge in [0.15, 0.2) is 0 Å². The van der Waals surface area contributed by atoms with Gasteiger partial charge in [-0.15, -0.1) is 0 Å². The number of nitrogens with one attached hydrogen (secondary N) is 2. The smallest absolute Gasteiger partial charge is 0.253 e. The highest BCUT2D eigenvalue weighted by molar-refractivity contribution is 6.31. The van der Waals surface area contributed by atoms with Gasteiger partial charge in [-0.1, -0.05) is 11.6 Å². The van der Waals surface area contributed by atoms with E-state index >= 15 is 0 Å². The zero-order valence-corrected chi connectivity index (χ0v) is 12.6. The summed E-state index contributed by atoms with van der Waals surface area (Å²) in [4.78, 5) is 12.1. The normalized spacial score (nSPS) is 10.3. The number of halogens is 1. The fourth-order valence-electron chi connectivity index (χ4n) is 1.63. The molecular formula is C14H21ClN2O3. The molecule has 0 fully saturated rings. The van der Waals surface area contributed by atoms with E-state index < -0.39 is 0 Å². The monoisotopic (exact) mass is 300 g/mol. The average molecular weight is 301 g/mol. The van der Waals surface area contributed by atoms with Crippen LogP contribution in [0.25, 0.3) is 0 Å². The number of benzene rings is 1. The number of carbonyl (C=O) groups is 1. The first-order valence-corrected chi connectivity index (χ1v) is 6.95. The van der Waals surface area contributed by atoms with Crippen LogP contribution >= 0.6 is 11.6 Å². The lowest BCUT2D eigenvalue weighted by molar-refractivity contribution is 0.0693. The van der Waals surface area contributed by atoms with Crippen LogP contribution in [0, 0.1) is 0 Å². The summed E-state index contributed by atoms with van der Waals surface area (Å²) in [5.41, 5.74) is 1.31. The van der Waals surface area contributed by atoms with Crippen molar-refractivity contribution in [3.8, 4) is 0 Å². The van der Waals surface area contributed by atoms with Crippen molar-refractivity contribution in [2.75, 3.05) is 45.3 Å². The number of hydrogen-bond acceptors (Lipinski definition) is 4. The second kappa shape index (κ2) is 9.58. The Balaban J connectivity index is 2.47. The lowest BCUT2D eigenvalue weighted by Gasteiger charge is -2.11. The van der Waals surface area contributed by atoms with Crippen LogP contribution in [0.4, 0.5) is 5.69 Å². The van der Waals surface area contributed by atoms with E-state index in [1.165, 1.54) is 0 Å². The van der Waals surface area contributed by atoms with Crippen LogP contribution in [-0.2, 0) is 9.47 Å². The van der Waals surface area contributed by atoms with Gasteiger partial charge in [0.25, 0.3) is 5.91 Å². The summed E-state index contributed by atoms with van der Waals surface area (Å²) in [5.74, 6) is -0.168. The van der Waals surface area contributed by atoms with Gasteiger partial charge in [-0.2, -0.15) is 0 Å². The van der Waals surface area contributed by atoms with Crippen LogP contribution < -0.4 is 10.6 Å². The maximum Gasteiger partial charge on any atom is 0.253 e. The minimum atomic E-state index is -0.168. The van der Waals surface area contributed by atoms with Gasteiger partial charge in [-0.25, -0.2) is 0 Å². The molecule has 0 unspecified atom stereocenters. The highest BCUT2D eigenvalue weighted by Crippen LogP contribution is 2.20. The van der Waals surface area contributed by atoms with E-state index in [1.807, 2.05) is 6.92 Å². The van der Waals surface area contributed by atoms with Crippen LogP contribution in [0.1, 0.15) is 17.3 Å². The SMILES string of the molecule is CCNc1ccc(Cl)cc1C(=O)NCCOCCOC. The molecule has 5 nitrogen and oxygen atoms in total. The van der Waals surface area contributed by atoms with Crippen LogP contribution in [0.15, 0.2) is 18.2 Å². The summed E-state index contributed by atoms with van der Waals surface area (Å²) < 4.78 is 10.1. The molecule has 6 heteroatoms. The molecule has 1 rings (SSSR count). The third-order valence-corrected chi connectivity index (χ3v) is 2.79. The van der Waals surface area contributed by atoms with Crippen molar-refractivity contribution < 1.29 is 14.3 Å². The first-order valence-electron chi connectivity index (χ1n) is 6.57. The number of ether oxygens (including phenoxy) is 2. The standard InChI is InChI=1S/C14H21ClN2O3/c1-3-16-13-5-4-11(15)10-12(13)14(18)17-6-7-20-9-8-19-2/h4-5,10,16H,3,6-9H2,1-2H3,(H,17,18). The Kier molecular flexibility index (Phi) is 8.02. The molecule has 112 valence electrons. The Morgan fingerprint density at radius 1 is 1.30 bits per heavy atom. The molecule has 1 aromatic carbocycles. The highest BCUT2D eigenvalue weighted by atomic mass is 35.5. The Morgan fingerprint density at radius 2 is 2.10 bits per heavy atom. The summed E-state index contributed by atoms with van der Waals surface area (Å²) in [5, 5.41) is 6.47. The van der Waals surface area contributed by atoms with Crippen LogP contribution in [0.5, 0.6) is 0 Å². The average Bonchev–Trinajstić information content (AvgIpc) is 2.44. The topological polar surface area (TPSA) is 59.6 Å². The lowest BCUT2D eigenvalue weighted by atomic mass is 10.1. The third-order valence-electron chi connectivity index (χ3n) is 2.56. The molecule has 0 bridgehead atoms. The van der Waals surface area contributed by atoms with Crippen LogP contribution in [0.3, 0.4) is 0 Å². The van der Waals surface area contributed by atoms with Gasteiger partial charge in [0, 0.05) is 30.9 Å². The van der Waals surface area contributed by atoms with Crippen molar-refractivity contribution in [3.63, 3.8) is 0 Å². The van der Waals surface area contributed by atoms with E-state index in [9.17, 15) is 4.79 Å². The Morgan fingerprint density at radius 3 is 2.80 bits per heavy atom. The van der Waals surface area contributed by atoms with E-state index in [4.69, 9.17) is 21.1 Å². The van der Waals surface area contributed by atoms with Gasteiger partial charge < -0.3 is 20.1 Å². The highest BCUT2D eigenvalue weighted by Gasteiger charge is 2.11. The molecule has 20 heavy (non-hydrogen) atoms. The number of hydrogen-bond donors (Lipinski definition) is 2. The van der Waals surface area contributed by atoms with E-state index in [0.717, 1.165) is 12.2 Å². The first-order chi connectivity index (χ1) is 9.69. The zero-order valence-electron chi connectivity index (χ0n) is 11.9. The number of amides is 1. The molecular weight excluding hydrogens is 280 g/mol. The van der Waals surface area contributed by atoms with Gasteiger partial charge in [0.2, 0.25) is 0 Å². The molecule has 0 aliphatic heterocycles. The summed E-state index contributed by atoms with van der Waals surface area (Å²) in [7, 11) is 1.62. The molecule has 1 aromatic rings. The number of rotatable bonds is 9. The van der Waals surface area contributed by atoms with Gasteiger partial charge in [-0.3, -0.25) is 4.79 Å². The summed E-state index contributed by atoms with van der Waals surface area (Å²) in [6.07, 6.45) is 0. The largest absolute Gasteiger partial charge is 0.385 e. The quantitative estimate of drug-likeness (QED) is 0.686. The summed E-state index contributed by atoms with van der Waals surface area (Å²) >= 11 is 5.93. The molecule has 0 atom stereocenters. The molecule has 0 aliphatic rings. The molecule has 0 spiro atoms. The Labute approximate surface area is 124 Å². The number of anilines is 1. The van der Waals surface area contributed by atoms with Gasteiger partial charge >= 0.3 is 0 Å². The molecule has 0 aromatic heterocycles.